The van der Waals surface area contributed by atoms with Crippen molar-refractivity contribution in [2.24, 2.45) is 0 Å². The zero-order chi connectivity index (χ0) is 16.3. The Hall–Kier alpha value is -3.06. The Kier molecular flexibility index (Phi) is 2.63. The minimum atomic E-state index is -0.334. The van der Waals surface area contributed by atoms with E-state index < -0.39 is 0 Å². The molecule has 5 rings (SSSR count). The monoisotopic (exact) mass is 338 g/mol. The predicted molar refractivity (Wildman–Crippen MR) is 91.0 cm³/mol. The molecule has 6 nitrogen and oxygen atoms in total. The van der Waals surface area contributed by atoms with Crippen LogP contribution in [0.3, 0.4) is 0 Å². The van der Waals surface area contributed by atoms with Crippen LogP contribution in [-0.2, 0) is 0 Å². The Balaban J connectivity index is 1.72. The Bertz CT molecular complexity index is 1180. The van der Waals surface area contributed by atoms with Gasteiger partial charge in [0.2, 0.25) is 6.79 Å². The second-order valence-electron chi connectivity index (χ2n) is 5.44. The first-order valence-electron chi connectivity index (χ1n) is 7.24. The van der Waals surface area contributed by atoms with Gasteiger partial charge >= 0.3 is 0 Å². The molecular weight excluding hydrogens is 328 g/mol. The average molecular weight is 338 g/mol. The zero-order valence-electron chi connectivity index (χ0n) is 12.2. The lowest BCUT2D eigenvalue weighted by atomic mass is 10.1. The quantitative estimate of drug-likeness (QED) is 0.556. The van der Waals surface area contributed by atoms with E-state index in [1.165, 1.54) is 17.4 Å². The molecule has 1 aliphatic rings. The number of fused-ring (bicyclic) bond motifs is 4. The van der Waals surface area contributed by atoms with Gasteiger partial charge in [-0.15, -0.1) is 11.3 Å². The summed E-state index contributed by atoms with van der Waals surface area (Å²) in [5, 5.41) is 10.8. The van der Waals surface area contributed by atoms with Gasteiger partial charge in [0.05, 0.1) is 15.9 Å². The van der Waals surface area contributed by atoms with Gasteiger partial charge in [0.15, 0.2) is 11.5 Å². The third-order valence-electron chi connectivity index (χ3n) is 3.97. The lowest BCUT2D eigenvalue weighted by molar-refractivity contribution is 0.174. The molecule has 0 unspecified atom stereocenters. The van der Waals surface area contributed by atoms with Crippen molar-refractivity contribution in [3.05, 3.63) is 46.8 Å². The summed E-state index contributed by atoms with van der Waals surface area (Å²) in [4.78, 5) is 19.8. The zero-order valence-corrected chi connectivity index (χ0v) is 13.0. The summed E-state index contributed by atoms with van der Waals surface area (Å²) in [6, 6.07) is 10.6. The van der Waals surface area contributed by atoms with Crippen LogP contribution in [0.5, 0.6) is 17.2 Å². The van der Waals surface area contributed by atoms with Crippen molar-refractivity contribution in [1.29, 1.82) is 0 Å². The maximum atomic E-state index is 11.6. The van der Waals surface area contributed by atoms with Crippen LogP contribution in [-0.4, -0.2) is 21.9 Å². The van der Waals surface area contributed by atoms with Gasteiger partial charge < -0.3 is 19.6 Å². The highest BCUT2D eigenvalue weighted by atomic mass is 32.1. The number of nitrogens with one attached hydrogen (secondary N) is 1. The molecule has 0 amide bonds. The van der Waals surface area contributed by atoms with Crippen LogP contribution in [0, 0.1) is 0 Å². The van der Waals surface area contributed by atoms with Crippen molar-refractivity contribution in [3.8, 4) is 28.5 Å². The molecule has 0 bridgehead atoms. The average Bonchev–Trinajstić information content (AvgIpc) is 3.18. The van der Waals surface area contributed by atoms with E-state index in [2.05, 4.69) is 9.97 Å². The lowest BCUT2D eigenvalue weighted by Crippen LogP contribution is -2.01. The highest BCUT2D eigenvalue weighted by Gasteiger charge is 2.16. The molecule has 7 heteroatoms. The Labute approximate surface area is 138 Å². The summed E-state index contributed by atoms with van der Waals surface area (Å²) >= 11 is 1.34. The summed E-state index contributed by atoms with van der Waals surface area (Å²) in [5.41, 5.74) is 1.98. The van der Waals surface area contributed by atoms with Crippen LogP contribution in [0.4, 0.5) is 0 Å². The van der Waals surface area contributed by atoms with Crippen molar-refractivity contribution in [2.45, 2.75) is 0 Å². The normalized spacial score (nSPS) is 13.0. The van der Waals surface area contributed by atoms with Crippen LogP contribution in [0.1, 0.15) is 0 Å². The number of aromatic amines is 1. The third-order valence-corrected chi connectivity index (χ3v) is 5.09. The molecule has 0 spiro atoms. The lowest BCUT2D eigenvalue weighted by Gasteiger charge is -2.03. The predicted octanol–water partition coefficient (Wildman–Crippen LogP) is 3.24. The van der Waals surface area contributed by atoms with Crippen LogP contribution < -0.4 is 15.0 Å². The highest BCUT2D eigenvalue weighted by Crippen LogP contribution is 2.38. The number of hydrogen-bond acceptors (Lipinski definition) is 6. The molecular formula is C17H10N2O4S. The molecule has 3 aromatic heterocycles. The minimum Gasteiger partial charge on any atom is -0.506 e. The molecule has 24 heavy (non-hydrogen) atoms. The van der Waals surface area contributed by atoms with E-state index in [0.717, 1.165) is 27.2 Å². The first-order chi connectivity index (χ1) is 11.7. The molecule has 0 aliphatic carbocycles. The van der Waals surface area contributed by atoms with Crippen LogP contribution >= 0.6 is 11.3 Å². The number of aromatic nitrogens is 2. The van der Waals surface area contributed by atoms with E-state index in [0.29, 0.717) is 16.0 Å². The number of rotatable bonds is 1. The van der Waals surface area contributed by atoms with Crippen molar-refractivity contribution in [1.82, 2.24) is 9.97 Å². The third kappa shape index (κ3) is 1.88. The summed E-state index contributed by atoms with van der Waals surface area (Å²) in [5.74, 6) is 1.40. The molecule has 0 saturated heterocycles. The number of thiophene rings is 1. The van der Waals surface area contributed by atoms with E-state index in [-0.39, 0.29) is 18.1 Å². The summed E-state index contributed by atoms with van der Waals surface area (Å²) in [6.07, 6.45) is 0. The van der Waals surface area contributed by atoms with E-state index >= 15 is 0 Å². The topological polar surface area (TPSA) is 84.4 Å². The molecule has 4 heterocycles. The van der Waals surface area contributed by atoms with E-state index in [1.54, 1.807) is 0 Å². The Morgan fingerprint density at radius 2 is 2.00 bits per heavy atom. The van der Waals surface area contributed by atoms with E-state index in [1.807, 2.05) is 30.3 Å². The number of hydrogen-bond donors (Lipinski definition) is 2. The van der Waals surface area contributed by atoms with Gasteiger partial charge in [0.25, 0.3) is 5.56 Å². The summed E-state index contributed by atoms with van der Waals surface area (Å²) < 4.78 is 11.4. The smallest absolute Gasteiger partial charge is 0.252 e. The molecule has 0 fully saturated rings. The van der Waals surface area contributed by atoms with Gasteiger partial charge in [-0.1, -0.05) is 0 Å². The Morgan fingerprint density at radius 1 is 1.12 bits per heavy atom. The summed E-state index contributed by atoms with van der Waals surface area (Å²) in [6.45, 7) is 0.230. The number of pyridine rings is 2. The molecule has 2 N–H and O–H groups in total. The maximum Gasteiger partial charge on any atom is 0.252 e. The second-order valence-corrected chi connectivity index (χ2v) is 6.44. The number of benzene rings is 1. The standard InChI is InChI=1S/C17H10N2O4S/c20-11-6-14(21)19-15-9-2-3-10(18-17(9)24-16(11)15)8-1-4-12-13(5-8)23-7-22-12/h1-6H,7H2,(H2,19,20,21). The van der Waals surface area contributed by atoms with Crippen molar-refractivity contribution < 1.29 is 14.6 Å². The maximum absolute atomic E-state index is 11.6. The fourth-order valence-corrected chi connectivity index (χ4v) is 3.89. The Morgan fingerprint density at radius 3 is 2.92 bits per heavy atom. The number of H-pyrrole nitrogens is 1. The minimum absolute atomic E-state index is 0.0265. The van der Waals surface area contributed by atoms with Gasteiger partial charge in [-0.2, -0.15) is 0 Å². The van der Waals surface area contributed by atoms with Gasteiger partial charge in [-0.05, 0) is 30.3 Å². The van der Waals surface area contributed by atoms with Crippen LogP contribution in [0.25, 0.3) is 31.7 Å². The molecule has 0 saturated carbocycles. The van der Waals surface area contributed by atoms with Gasteiger partial charge in [0.1, 0.15) is 10.6 Å². The summed E-state index contributed by atoms with van der Waals surface area (Å²) in [7, 11) is 0. The number of nitrogens with zero attached hydrogens (tertiary/aromatic N) is 1. The van der Waals surface area contributed by atoms with Gasteiger partial charge in [-0.3, -0.25) is 4.79 Å². The first kappa shape index (κ1) is 13.4. The van der Waals surface area contributed by atoms with Gasteiger partial charge in [-0.25, -0.2) is 4.98 Å². The molecule has 118 valence electrons. The fourth-order valence-electron chi connectivity index (χ4n) is 2.85. The number of ether oxygens (including phenoxy) is 2. The molecule has 0 atom stereocenters. The molecule has 1 aliphatic heterocycles. The van der Waals surface area contributed by atoms with Gasteiger partial charge in [0, 0.05) is 17.0 Å². The fraction of sp³-hybridized carbons (Fsp3) is 0.0588. The van der Waals surface area contributed by atoms with Crippen LogP contribution in [0.2, 0.25) is 0 Å². The van der Waals surface area contributed by atoms with Crippen LogP contribution in [0.15, 0.2) is 41.2 Å². The highest BCUT2D eigenvalue weighted by molar-refractivity contribution is 7.25. The second kappa shape index (κ2) is 4.72. The SMILES string of the molecule is O=c1cc(O)c2sc3nc(-c4ccc5c(c4)OCO5)ccc3c2[nH]1. The number of aromatic hydroxyl groups is 1. The molecule has 1 aromatic carbocycles. The van der Waals surface area contributed by atoms with Crippen molar-refractivity contribution >= 4 is 31.8 Å². The van der Waals surface area contributed by atoms with E-state index in [9.17, 15) is 9.90 Å². The molecule has 4 aromatic rings. The van der Waals surface area contributed by atoms with Crippen molar-refractivity contribution in [2.75, 3.05) is 6.79 Å². The molecule has 0 radical (unpaired) electrons. The van der Waals surface area contributed by atoms with Crippen molar-refractivity contribution in [3.63, 3.8) is 0 Å². The van der Waals surface area contributed by atoms with E-state index in [4.69, 9.17) is 9.47 Å². The largest absolute Gasteiger partial charge is 0.506 e. The first-order valence-corrected chi connectivity index (χ1v) is 8.06.